The molecule has 0 aliphatic carbocycles. The molecule has 0 saturated heterocycles. The quantitative estimate of drug-likeness (QED) is 0.601. The minimum Gasteiger partial charge on any atom is -0.481 e. The molecule has 0 aliphatic heterocycles. The lowest BCUT2D eigenvalue weighted by Gasteiger charge is -2.14. The molecule has 0 bridgehead atoms. The van der Waals surface area contributed by atoms with E-state index in [9.17, 15) is 14.7 Å². The van der Waals surface area contributed by atoms with Crippen molar-refractivity contribution in [1.82, 2.24) is 0 Å². The van der Waals surface area contributed by atoms with Crippen LogP contribution in [0.1, 0.15) is 17.0 Å². The Labute approximate surface area is 105 Å². The van der Waals surface area contributed by atoms with Crippen molar-refractivity contribution in [3.8, 4) is 0 Å². The molecule has 5 heteroatoms. The topological polar surface area (TPSA) is 89.6 Å². The molecule has 5 nitrogen and oxygen atoms in total. The molecule has 3 N–H and O–H groups in total. The third-order valence-corrected chi connectivity index (χ3v) is 2.59. The van der Waals surface area contributed by atoms with E-state index in [0.717, 1.165) is 5.56 Å². The van der Waals surface area contributed by atoms with Gasteiger partial charge in [0, 0.05) is 12.1 Å². The van der Waals surface area contributed by atoms with E-state index < -0.39 is 17.9 Å². The Kier molecular flexibility index (Phi) is 4.62. The van der Waals surface area contributed by atoms with Crippen molar-refractivity contribution in [3.05, 3.63) is 47.5 Å². The molecule has 96 valence electrons. The molecule has 0 heterocycles. The smallest absolute Gasteiger partial charge is 0.334 e. The van der Waals surface area contributed by atoms with Gasteiger partial charge in [-0.25, -0.2) is 4.79 Å². The molecule has 1 rings (SSSR count). The van der Waals surface area contributed by atoms with Crippen LogP contribution in [0.4, 0.5) is 0 Å². The molecule has 0 aromatic heterocycles. The predicted octanol–water partition coefficient (Wildman–Crippen LogP) is 1.04. The van der Waals surface area contributed by atoms with Crippen molar-refractivity contribution in [1.29, 1.82) is 0 Å². The Balaban J connectivity index is 3.08. The number of carbonyl (C=O) groups excluding carboxylic acids is 1. The number of hydrogen-bond donors (Lipinski definition) is 2. The average Bonchev–Trinajstić information content (AvgIpc) is 2.38. The first kappa shape index (κ1) is 13.9. The van der Waals surface area contributed by atoms with E-state index in [-0.39, 0.29) is 5.57 Å². The van der Waals surface area contributed by atoms with E-state index >= 15 is 0 Å². The lowest BCUT2D eigenvalue weighted by Crippen LogP contribution is -2.20. The summed E-state index contributed by atoms with van der Waals surface area (Å²) in [4.78, 5) is 22.6. The zero-order valence-electron chi connectivity index (χ0n) is 10.1. The van der Waals surface area contributed by atoms with Gasteiger partial charge in [0.1, 0.15) is 5.92 Å². The van der Waals surface area contributed by atoms with E-state index in [4.69, 9.17) is 5.73 Å². The highest BCUT2D eigenvalue weighted by molar-refractivity contribution is 5.97. The van der Waals surface area contributed by atoms with Gasteiger partial charge in [-0.05, 0) is 11.1 Å². The Morgan fingerprint density at radius 2 is 1.94 bits per heavy atom. The summed E-state index contributed by atoms with van der Waals surface area (Å²) in [7, 11) is 1.18. The van der Waals surface area contributed by atoms with Gasteiger partial charge in [-0.3, -0.25) is 4.79 Å². The zero-order valence-corrected chi connectivity index (χ0v) is 10.1. The van der Waals surface area contributed by atoms with E-state index in [1.807, 2.05) is 0 Å². The van der Waals surface area contributed by atoms with Gasteiger partial charge in [-0.1, -0.05) is 30.8 Å². The van der Waals surface area contributed by atoms with Gasteiger partial charge in [0.15, 0.2) is 0 Å². The van der Waals surface area contributed by atoms with Crippen molar-refractivity contribution in [3.63, 3.8) is 0 Å². The number of hydrogen-bond acceptors (Lipinski definition) is 4. The summed E-state index contributed by atoms with van der Waals surface area (Å²) in [6.07, 6.45) is 0. The van der Waals surface area contributed by atoms with Crippen LogP contribution >= 0.6 is 0 Å². The first-order chi connectivity index (χ1) is 8.51. The van der Waals surface area contributed by atoms with Crippen LogP contribution in [0.3, 0.4) is 0 Å². The second-order valence-corrected chi connectivity index (χ2v) is 3.73. The third-order valence-electron chi connectivity index (χ3n) is 2.59. The number of aliphatic carboxylic acids is 1. The summed E-state index contributed by atoms with van der Waals surface area (Å²) in [5.74, 6) is -2.99. The number of esters is 1. The molecule has 1 aromatic carbocycles. The molecule has 1 atom stereocenters. The van der Waals surface area contributed by atoms with Gasteiger partial charge in [-0.15, -0.1) is 0 Å². The zero-order chi connectivity index (χ0) is 13.7. The van der Waals surface area contributed by atoms with E-state index in [1.165, 1.54) is 7.11 Å². The maximum absolute atomic E-state index is 11.3. The van der Waals surface area contributed by atoms with Gasteiger partial charge in [0.25, 0.3) is 0 Å². The number of carboxylic acid groups (broad SMARTS) is 1. The predicted molar refractivity (Wildman–Crippen MR) is 65.9 cm³/mol. The van der Waals surface area contributed by atoms with E-state index in [0.29, 0.717) is 12.1 Å². The minimum atomic E-state index is -1.15. The largest absolute Gasteiger partial charge is 0.481 e. The molecule has 0 saturated carbocycles. The van der Waals surface area contributed by atoms with Crippen molar-refractivity contribution in [2.45, 2.75) is 12.5 Å². The molecule has 1 aromatic rings. The minimum absolute atomic E-state index is 0.106. The molecule has 0 spiro atoms. The first-order valence-corrected chi connectivity index (χ1v) is 5.30. The molecular formula is C13H15NO4. The monoisotopic (exact) mass is 249 g/mol. The fourth-order valence-electron chi connectivity index (χ4n) is 1.59. The number of carbonyl (C=O) groups is 2. The van der Waals surface area contributed by atoms with Crippen molar-refractivity contribution < 1.29 is 19.4 Å². The second-order valence-electron chi connectivity index (χ2n) is 3.73. The normalized spacial score (nSPS) is 11.7. The van der Waals surface area contributed by atoms with Crippen molar-refractivity contribution in [2.75, 3.05) is 7.11 Å². The highest BCUT2D eigenvalue weighted by Crippen LogP contribution is 2.24. The molecule has 0 radical (unpaired) electrons. The van der Waals surface area contributed by atoms with Crippen LogP contribution in [0.25, 0.3) is 0 Å². The number of rotatable bonds is 5. The van der Waals surface area contributed by atoms with Gasteiger partial charge >= 0.3 is 11.9 Å². The highest BCUT2D eigenvalue weighted by atomic mass is 16.5. The van der Waals surface area contributed by atoms with Crippen LogP contribution in [-0.4, -0.2) is 24.2 Å². The highest BCUT2D eigenvalue weighted by Gasteiger charge is 2.28. The van der Waals surface area contributed by atoms with Crippen molar-refractivity contribution in [2.24, 2.45) is 5.73 Å². The lowest BCUT2D eigenvalue weighted by atomic mass is 9.91. The summed E-state index contributed by atoms with van der Waals surface area (Å²) in [5.41, 5.74) is 6.70. The Morgan fingerprint density at radius 1 is 1.39 bits per heavy atom. The summed E-state index contributed by atoms with van der Waals surface area (Å²) in [5, 5.41) is 9.17. The number of nitrogens with two attached hydrogens (primary N) is 1. The maximum Gasteiger partial charge on any atom is 0.334 e. The molecule has 18 heavy (non-hydrogen) atoms. The number of benzene rings is 1. The van der Waals surface area contributed by atoms with E-state index in [1.54, 1.807) is 24.3 Å². The Bertz CT molecular complexity index is 464. The molecule has 0 aliphatic rings. The van der Waals surface area contributed by atoms with Gasteiger partial charge in [0.05, 0.1) is 7.11 Å². The summed E-state index contributed by atoms with van der Waals surface area (Å²) in [6, 6.07) is 6.68. The lowest BCUT2D eigenvalue weighted by molar-refractivity contribution is -0.142. The maximum atomic E-state index is 11.3. The Morgan fingerprint density at radius 3 is 2.33 bits per heavy atom. The molecule has 1 unspecified atom stereocenters. The summed E-state index contributed by atoms with van der Waals surface area (Å²) < 4.78 is 4.49. The first-order valence-electron chi connectivity index (χ1n) is 5.30. The van der Waals surface area contributed by atoms with Gasteiger partial charge < -0.3 is 15.6 Å². The summed E-state index contributed by atoms with van der Waals surface area (Å²) >= 11 is 0. The SMILES string of the molecule is C=C(C(=O)OC)C(C(=O)O)c1ccc(CN)cc1. The second kappa shape index (κ2) is 5.97. The standard InChI is InChI=1S/C13H15NO4/c1-8(13(17)18-2)11(12(15)16)10-5-3-9(7-14)4-6-10/h3-6,11H,1,7,14H2,2H3,(H,15,16). The van der Waals surface area contributed by atoms with Crippen LogP contribution in [0.15, 0.2) is 36.4 Å². The summed E-state index contributed by atoms with van der Waals surface area (Å²) in [6.45, 7) is 3.86. The number of methoxy groups -OCH3 is 1. The number of carboxylic acids is 1. The molecule has 0 amide bonds. The fraction of sp³-hybridized carbons (Fsp3) is 0.231. The molecular weight excluding hydrogens is 234 g/mol. The van der Waals surface area contributed by atoms with Crippen LogP contribution in [-0.2, 0) is 20.9 Å². The van der Waals surface area contributed by atoms with Crippen LogP contribution in [0, 0.1) is 0 Å². The van der Waals surface area contributed by atoms with Gasteiger partial charge in [0.2, 0.25) is 0 Å². The van der Waals surface area contributed by atoms with E-state index in [2.05, 4.69) is 11.3 Å². The van der Waals surface area contributed by atoms with Gasteiger partial charge in [-0.2, -0.15) is 0 Å². The number of ether oxygens (including phenoxy) is 1. The third kappa shape index (κ3) is 2.95. The van der Waals surface area contributed by atoms with Crippen LogP contribution < -0.4 is 5.73 Å². The fourth-order valence-corrected chi connectivity index (χ4v) is 1.59. The van der Waals surface area contributed by atoms with Crippen molar-refractivity contribution >= 4 is 11.9 Å². The molecule has 0 fully saturated rings. The van der Waals surface area contributed by atoms with Crippen LogP contribution in [0.2, 0.25) is 0 Å². The Hall–Kier alpha value is -2.14. The van der Waals surface area contributed by atoms with Crippen LogP contribution in [0.5, 0.6) is 0 Å². The average molecular weight is 249 g/mol.